The molecule has 3 aliphatic carbocycles. The summed E-state index contributed by atoms with van der Waals surface area (Å²) < 4.78 is 34.8. The summed E-state index contributed by atoms with van der Waals surface area (Å²) in [6.07, 6.45) is 13.0. The van der Waals surface area contributed by atoms with Crippen LogP contribution in [0.5, 0.6) is 5.75 Å². The van der Waals surface area contributed by atoms with Gasteiger partial charge in [0.1, 0.15) is 5.75 Å². The van der Waals surface area contributed by atoms with Crippen LogP contribution in [0.25, 0.3) is 0 Å². The number of hydrogen-bond donors (Lipinski definition) is 1. The Morgan fingerprint density at radius 2 is 1.71 bits per heavy atom. The molecule has 2 aliphatic heterocycles. The van der Waals surface area contributed by atoms with Gasteiger partial charge < -0.3 is 19.4 Å². The summed E-state index contributed by atoms with van der Waals surface area (Å²) in [7, 11) is 6.41. The maximum Gasteiger partial charge on any atom is 0.303 e. The molecule has 10 nitrogen and oxygen atoms in total. The largest absolute Gasteiger partial charge is 0.496 e. The lowest BCUT2D eigenvalue weighted by Crippen LogP contribution is -2.42. The van der Waals surface area contributed by atoms with Crippen LogP contribution in [0, 0.1) is 11.8 Å². The van der Waals surface area contributed by atoms with Crippen molar-refractivity contribution in [1.82, 2.24) is 18.8 Å². The van der Waals surface area contributed by atoms with Gasteiger partial charge in [-0.25, -0.2) is 4.72 Å². The van der Waals surface area contributed by atoms with Crippen LogP contribution in [0.2, 0.25) is 0 Å². The third-order valence-corrected chi connectivity index (χ3v) is 12.6. The van der Waals surface area contributed by atoms with E-state index in [-0.39, 0.29) is 11.9 Å². The molecule has 2 unspecified atom stereocenters. The Morgan fingerprint density at radius 1 is 0.980 bits per heavy atom. The van der Waals surface area contributed by atoms with Gasteiger partial charge in [0.2, 0.25) is 11.8 Å². The second-order valence-corrected chi connectivity index (χ2v) is 16.7. The average molecular weight is 712 g/mol. The normalized spacial score (nSPS) is 21.8. The van der Waals surface area contributed by atoms with Crippen molar-refractivity contribution in [3.8, 4) is 5.75 Å². The van der Waals surface area contributed by atoms with Crippen molar-refractivity contribution in [2.45, 2.75) is 56.9 Å². The molecule has 5 aliphatic rings. The van der Waals surface area contributed by atoms with Gasteiger partial charge in [0, 0.05) is 51.6 Å². The molecule has 2 saturated carbocycles. The number of anilines is 1. The quantitative estimate of drug-likeness (QED) is 0.350. The molecule has 2 aromatic carbocycles. The van der Waals surface area contributed by atoms with Crippen LogP contribution in [-0.4, -0.2) is 83.2 Å². The van der Waals surface area contributed by atoms with Gasteiger partial charge in [0.25, 0.3) is 0 Å². The lowest BCUT2D eigenvalue weighted by molar-refractivity contribution is -0.135. The number of methoxy groups -OCH3 is 1. The van der Waals surface area contributed by atoms with Gasteiger partial charge in [-0.05, 0) is 78.8 Å². The minimum absolute atomic E-state index is 0.00585. The number of likely N-dealkylation sites (N-methyl/N-ethyl adjacent to an activating group) is 2. The zero-order chi connectivity index (χ0) is 36.2. The van der Waals surface area contributed by atoms with E-state index in [9.17, 15) is 18.0 Å². The number of hydrogen-bond acceptors (Lipinski definition) is 7. The highest BCUT2D eigenvalue weighted by Gasteiger charge is 2.52. The second kappa shape index (κ2) is 13.7. The highest BCUT2D eigenvalue weighted by molar-refractivity contribution is 7.87. The lowest BCUT2D eigenvalue weighted by atomic mass is 9.81. The number of carbonyl (C=O) groups excluding carboxylic acids is 2. The summed E-state index contributed by atoms with van der Waals surface area (Å²) in [5.74, 6) is -0.639. The fourth-order valence-electron chi connectivity index (χ4n) is 8.57. The molecule has 2 aromatic rings. The first kappa shape index (κ1) is 35.2. The van der Waals surface area contributed by atoms with Crippen molar-refractivity contribution in [2.75, 3.05) is 53.8 Å². The highest BCUT2D eigenvalue weighted by atomic mass is 32.2. The standard InChI is InChI=1S/C40H49N5O5S/c1-42(2)24-33(26-16-11-8-12-17-26)44(5)40(47)29-19-13-18-28-35(29)32-22-30-34(50-6)21-20-27(25-14-9-7-10-15-25)38(30)45(32)23-31-36(28)37(31)39(46)41-51(48,49)43(3)4/h8,11-13,16-18,20-21,23,25,29,33,37H,7,9-10,14-15,19,22,24H2,1-6H3,(H,41,46)/t29-,33?,37?/m1/s1. The molecule has 270 valence electrons. The van der Waals surface area contributed by atoms with Crippen molar-refractivity contribution in [1.29, 1.82) is 0 Å². The van der Waals surface area contributed by atoms with E-state index in [1.165, 1.54) is 38.9 Å². The fraction of sp³-hybridized carbons (Fsp3) is 0.450. The first-order chi connectivity index (χ1) is 24.4. The van der Waals surface area contributed by atoms with Crippen molar-refractivity contribution in [2.24, 2.45) is 11.8 Å². The van der Waals surface area contributed by atoms with E-state index in [4.69, 9.17) is 4.74 Å². The van der Waals surface area contributed by atoms with E-state index in [2.05, 4.69) is 38.8 Å². The number of fused-ring (bicyclic) bond motifs is 5. The molecular weight excluding hydrogens is 663 g/mol. The summed E-state index contributed by atoms with van der Waals surface area (Å²) in [6, 6.07) is 14.2. The van der Waals surface area contributed by atoms with Gasteiger partial charge in [-0.1, -0.05) is 67.8 Å². The van der Waals surface area contributed by atoms with Crippen molar-refractivity contribution in [3.05, 3.63) is 105 Å². The number of amides is 2. The summed E-state index contributed by atoms with van der Waals surface area (Å²) in [4.78, 5) is 34.9. The molecule has 0 aromatic heterocycles. The van der Waals surface area contributed by atoms with Crippen molar-refractivity contribution < 1.29 is 22.7 Å². The lowest BCUT2D eigenvalue weighted by Gasteiger charge is -2.36. The highest BCUT2D eigenvalue weighted by Crippen LogP contribution is 2.58. The maximum absolute atomic E-state index is 15.0. The van der Waals surface area contributed by atoms with Crippen LogP contribution >= 0.6 is 0 Å². The molecule has 2 fully saturated rings. The minimum atomic E-state index is -4.00. The average Bonchev–Trinajstić information content (AvgIpc) is 3.76. The van der Waals surface area contributed by atoms with Crippen LogP contribution in [0.4, 0.5) is 5.69 Å². The molecule has 11 heteroatoms. The van der Waals surface area contributed by atoms with Gasteiger partial charge in [-0.3, -0.25) is 9.59 Å². The van der Waals surface area contributed by atoms with Crippen LogP contribution < -0.4 is 14.4 Å². The van der Waals surface area contributed by atoms with E-state index in [1.807, 2.05) is 62.6 Å². The minimum Gasteiger partial charge on any atom is -0.496 e. The van der Waals surface area contributed by atoms with Gasteiger partial charge in [0.15, 0.2) is 0 Å². The summed E-state index contributed by atoms with van der Waals surface area (Å²) in [5, 5.41) is 0. The number of ether oxygens (including phenoxy) is 1. The monoisotopic (exact) mass is 711 g/mol. The molecule has 0 bridgehead atoms. The van der Waals surface area contributed by atoms with Gasteiger partial charge in [-0.15, -0.1) is 0 Å². The maximum atomic E-state index is 15.0. The third kappa shape index (κ3) is 6.33. The summed E-state index contributed by atoms with van der Waals surface area (Å²) >= 11 is 0. The number of nitrogens with zero attached hydrogens (tertiary/aromatic N) is 4. The topological polar surface area (TPSA) is 102 Å². The molecule has 1 N–H and O–H groups in total. The Bertz CT molecular complexity index is 1970. The van der Waals surface area contributed by atoms with Crippen LogP contribution in [0.3, 0.4) is 0 Å². The molecule has 0 spiro atoms. The van der Waals surface area contributed by atoms with Gasteiger partial charge in [-0.2, -0.15) is 12.7 Å². The first-order valence-electron chi connectivity index (χ1n) is 18.0. The Hall–Kier alpha value is -4.19. The van der Waals surface area contributed by atoms with Crippen molar-refractivity contribution in [3.63, 3.8) is 0 Å². The molecule has 0 radical (unpaired) electrons. The third-order valence-electron chi connectivity index (χ3n) is 11.2. The predicted octanol–water partition coefficient (Wildman–Crippen LogP) is 5.44. The molecule has 7 rings (SSSR count). The Labute approximate surface area is 302 Å². The molecule has 3 atom stereocenters. The van der Waals surface area contributed by atoms with E-state index in [0.29, 0.717) is 25.3 Å². The molecule has 51 heavy (non-hydrogen) atoms. The SMILES string of the molecule is COc1ccc(C2CCCCC2)c2c1CC1=C3C(=C4C(=CN12)C4C(=O)NS(=O)(=O)N(C)C)C=CC[C@H]3C(=O)N(C)C(CN(C)C)c1ccccc1. The van der Waals surface area contributed by atoms with E-state index in [1.54, 1.807) is 7.11 Å². The smallest absolute Gasteiger partial charge is 0.303 e. The van der Waals surface area contributed by atoms with Crippen molar-refractivity contribution >= 4 is 27.7 Å². The fourth-order valence-corrected chi connectivity index (χ4v) is 9.12. The predicted molar refractivity (Wildman–Crippen MR) is 199 cm³/mol. The number of nitrogens with one attached hydrogen (secondary N) is 1. The van der Waals surface area contributed by atoms with E-state index in [0.717, 1.165) is 67.7 Å². The Balaban J connectivity index is 1.38. The molecule has 2 heterocycles. The van der Waals surface area contributed by atoms with Crippen LogP contribution in [-0.2, 0) is 26.2 Å². The first-order valence-corrected chi connectivity index (χ1v) is 19.4. The van der Waals surface area contributed by atoms with Crippen LogP contribution in [0.1, 0.15) is 67.2 Å². The van der Waals surface area contributed by atoms with E-state index >= 15 is 0 Å². The second-order valence-electron chi connectivity index (χ2n) is 14.9. The number of benzene rings is 2. The molecule has 0 saturated heterocycles. The zero-order valence-electron chi connectivity index (χ0n) is 30.5. The number of allylic oxidation sites excluding steroid dienone is 4. The molecule has 2 amide bonds. The van der Waals surface area contributed by atoms with Crippen LogP contribution in [0.15, 0.2) is 88.8 Å². The van der Waals surface area contributed by atoms with Gasteiger partial charge in [0.05, 0.1) is 30.7 Å². The van der Waals surface area contributed by atoms with Gasteiger partial charge >= 0.3 is 10.2 Å². The number of rotatable bonds is 10. The van der Waals surface area contributed by atoms with E-state index < -0.39 is 28.0 Å². The summed E-state index contributed by atoms with van der Waals surface area (Å²) in [6.45, 7) is 0.655. The number of carbonyl (C=O) groups is 2. The summed E-state index contributed by atoms with van der Waals surface area (Å²) in [5.41, 5.74) is 8.82. The Morgan fingerprint density at radius 3 is 2.37 bits per heavy atom. The zero-order valence-corrected chi connectivity index (χ0v) is 31.3. The Kier molecular flexibility index (Phi) is 9.49. The molecular formula is C40H49N5O5S.